The summed E-state index contributed by atoms with van der Waals surface area (Å²) in [5.41, 5.74) is -2.01. The number of methoxy groups -OCH3 is 1. The minimum atomic E-state index is -5.13. The summed E-state index contributed by atoms with van der Waals surface area (Å²) >= 11 is 0. The molecule has 12 heteroatoms. The first-order chi connectivity index (χ1) is 20.1. The molecule has 0 N–H and O–H groups in total. The van der Waals surface area contributed by atoms with Crippen LogP contribution in [-0.4, -0.2) is 40.6 Å². The first-order valence-electron chi connectivity index (χ1n) is 13.3. The highest BCUT2D eigenvalue weighted by Crippen LogP contribution is 2.37. The average Bonchev–Trinajstić information content (AvgIpc) is 2.94. The summed E-state index contributed by atoms with van der Waals surface area (Å²) in [6, 6.07) is 11.6. The van der Waals surface area contributed by atoms with Gasteiger partial charge < -0.3 is 9.64 Å². The third kappa shape index (κ3) is 6.74. The second-order valence-corrected chi connectivity index (χ2v) is 10.2. The first kappa shape index (κ1) is 31.7. The van der Waals surface area contributed by atoms with Crippen LogP contribution in [0.25, 0.3) is 16.6 Å². The van der Waals surface area contributed by atoms with Gasteiger partial charge in [0.05, 0.1) is 33.8 Å². The van der Waals surface area contributed by atoms with Gasteiger partial charge in [-0.1, -0.05) is 29.8 Å². The number of carbonyl (C=O) groups is 1. The van der Waals surface area contributed by atoms with Crippen LogP contribution in [0.2, 0.25) is 0 Å². The minimum Gasteiger partial charge on any atom is -0.385 e. The van der Waals surface area contributed by atoms with E-state index in [9.17, 15) is 35.9 Å². The van der Waals surface area contributed by atoms with Gasteiger partial charge >= 0.3 is 12.4 Å². The van der Waals surface area contributed by atoms with Crippen LogP contribution in [0.4, 0.5) is 26.3 Å². The summed E-state index contributed by atoms with van der Waals surface area (Å²) in [5.74, 6) is -1.00. The molecule has 0 aliphatic heterocycles. The van der Waals surface area contributed by atoms with Crippen molar-refractivity contribution in [3.05, 3.63) is 105 Å². The smallest absolute Gasteiger partial charge is 0.385 e. The standard InChI is InChI=1S/C31H29F6N3O3/c1-18-10-11-26(19(2)14-18)40-27(38-25-9-6-5-8-24(25)29(40)42)20(3)39(12-7-13-43-4)28(41)21-15-22(30(32,33)34)17-23(16-21)31(35,36)37/h5-6,8-11,14-17,20H,7,12-13H2,1-4H3. The average molecular weight is 606 g/mol. The summed E-state index contributed by atoms with van der Waals surface area (Å²) in [5, 5.41) is 0.295. The fraction of sp³-hybridized carbons (Fsp3) is 0.323. The third-order valence-electron chi connectivity index (χ3n) is 7.08. The van der Waals surface area contributed by atoms with Crippen LogP contribution in [0.5, 0.6) is 0 Å². The van der Waals surface area contributed by atoms with E-state index in [-0.39, 0.29) is 31.5 Å². The number of halogens is 6. The summed E-state index contributed by atoms with van der Waals surface area (Å²) in [7, 11) is 1.42. The number of carbonyl (C=O) groups excluding carboxylic acids is 1. The van der Waals surface area contributed by atoms with Crippen molar-refractivity contribution in [3.63, 3.8) is 0 Å². The van der Waals surface area contributed by atoms with Crippen LogP contribution in [0, 0.1) is 13.8 Å². The van der Waals surface area contributed by atoms with Gasteiger partial charge in [-0.15, -0.1) is 0 Å². The van der Waals surface area contributed by atoms with Gasteiger partial charge in [-0.05, 0) is 69.2 Å². The SMILES string of the molecule is COCCCN(C(=O)c1cc(C(F)(F)F)cc(C(F)(F)F)c1)C(C)c1nc2ccccc2c(=O)n1-c1ccc(C)cc1C. The number of hydrogen-bond acceptors (Lipinski definition) is 4. The van der Waals surface area contributed by atoms with Crippen LogP contribution < -0.4 is 5.56 Å². The second-order valence-electron chi connectivity index (χ2n) is 10.2. The maximum atomic E-state index is 13.9. The van der Waals surface area contributed by atoms with E-state index in [0.29, 0.717) is 28.7 Å². The van der Waals surface area contributed by atoms with Crippen molar-refractivity contribution in [1.82, 2.24) is 14.5 Å². The molecule has 0 spiro atoms. The van der Waals surface area contributed by atoms with Crippen LogP contribution in [0.1, 0.15) is 57.8 Å². The van der Waals surface area contributed by atoms with E-state index in [2.05, 4.69) is 0 Å². The molecular weight excluding hydrogens is 576 g/mol. The van der Waals surface area contributed by atoms with E-state index in [4.69, 9.17) is 9.72 Å². The Morgan fingerprint density at radius 1 is 0.953 bits per heavy atom. The molecule has 1 unspecified atom stereocenters. The molecule has 3 aromatic carbocycles. The number of alkyl halides is 6. The molecule has 4 rings (SSSR count). The highest BCUT2D eigenvalue weighted by molar-refractivity contribution is 5.95. The van der Waals surface area contributed by atoms with Crippen LogP contribution >= 0.6 is 0 Å². The zero-order valence-corrected chi connectivity index (χ0v) is 23.8. The molecule has 0 aliphatic rings. The van der Waals surface area contributed by atoms with Crippen molar-refractivity contribution in [1.29, 1.82) is 0 Å². The fourth-order valence-electron chi connectivity index (χ4n) is 4.95. The van der Waals surface area contributed by atoms with E-state index >= 15 is 0 Å². The van der Waals surface area contributed by atoms with Crippen molar-refractivity contribution in [2.75, 3.05) is 20.3 Å². The fourth-order valence-corrected chi connectivity index (χ4v) is 4.95. The Bertz CT molecular complexity index is 1680. The lowest BCUT2D eigenvalue weighted by Gasteiger charge is -2.31. The number of benzene rings is 3. The molecule has 0 saturated heterocycles. The number of aryl methyl sites for hydroxylation is 2. The highest BCUT2D eigenvalue weighted by atomic mass is 19.4. The van der Waals surface area contributed by atoms with Gasteiger partial charge in [0.1, 0.15) is 5.82 Å². The molecule has 43 heavy (non-hydrogen) atoms. The number of aromatic nitrogens is 2. The normalized spacial score (nSPS) is 12.9. The lowest BCUT2D eigenvalue weighted by molar-refractivity contribution is -0.143. The monoisotopic (exact) mass is 605 g/mol. The number of para-hydroxylation sites is 1. The van der Waals surface area contributed by atoms with Crippen molar-refractivity contribution in [2.24, 2.45) is 0 Å². The van der Waals surface area contributed by atoms with Crippen molar-refractivity contribution >= 4 is 16.8 Å². The van der Waals surface area contributed by atoms with Crippen LogP contribution in [0.15, 0.2) is 65.5 Å². The Morgan fingerprint density at radius 3 is 2.16 bits per heavy atom. The van der Waals surface area contributed by atoms with E-state index in [1.807, 2.05) is 13.0 Å². The van der Waals surface area contributed by atoms with Gasteiger partial charge in [-0.2, -0.15) is 26.3 Å². The number of ether oxygens (including phenoxy) is 1. The van der Waals surface area contributed by atoms with Gasteiger partial charge in [-0.25, -0.2) is 4.98 Å². The summed E-state index contributed by atoms with van der Waals surface area (Å²) in [6.07, 6.45) is -10.1. The molecule has 0 bridgehead atoms. The van der Waals surface area contributed by atoms with Gasteiger partial charge in [-0.3, -0.25) is 14.2 Å². The Morgan fingerprint density at radius 2 is 1.58 bits per heavy atom. The molecule has 1 atom stereocenters. The topological polar surface area (TPSA) is 64.4 Å². The first-order valence-corrected chi connectivity index (χ1v) is 13.3. The number of rotatable bonds is 8. The molecule has 4 aromatic rings. The molecule has 1 aromatic heterocycles. The zero-order valence-electron chi connectivity index (χ0n) is 23.8. The van der Waals surface area contributed by atoms with Crippen molar-refractivity contribution in [3.8, 4) is 5.69 Å². The van der Waals surface area contributed by atoms with Gasteiger partial charge in [0, 0.05) is 25.8 Å². The number of fused-ring (bicyclic) bond motifs is 1. The minimum absolute atomic E-state index is 0.0296. The number of amides is 1. The number of nitrogens with zero attached hydrogens (tertiary/aromatic N) is 3. The lowest BCUT2D eigenvalue weighted by atomic mass is 10.0. The van der Waals surface area contributed by atoms with Crippen LogP contribution in [-0.2, 0) is 17.1 Å². The maximum absolute atomic E-state index is 13.9. The van der Waals surface area contributed by atoms with E-state index in [1.165, 1.54) is 18.6 Å². The zero-order chi connectivity index (χ0) is 31.7. The summed E-state index contributed by atoms with van der Waals surface area (Å²) in [6.45, 7) is 5.24. The Labute approximate surface area is 243 Å². The molecule has 6 nitrogen and oxygen atoms in total. The molecule has 1 amide bonds. The van der Waals surface area contributed by atoms with Gasteiger partial charge in [0.25, 0.3) is 11.5 Å². The molecule has 1 heterocycles. The molecule has 0 fully saturated rings. The Hall–Kier alpha value is -4.19. The lowest BCUT2D eigenvalue weighted by Crippen LogP contribution is -2.38. The Kier molecular flexibility index (Phi) is 9.00. The van der Waals surface area contributed by atoms with E-state index < -0.39 is 46.6 Å². The largest absolute Gasteiger partial charge is 0.416 e. The Balaban J connectivity index is 1.95. The predicted octanol–water partition coefficient (Wildman–Crippen LogP) is 7.28. The van der Waals surface area contributed by atoms with Crippen molar-refractivity contribution in [2.45, 2.75) is 45.6 Å². The highest BCUT2D eigenvalue weighted by Gasteiger charge is 2.38. The van der Waals surface area contributed by atoms with Crippen LogP contribution in [0.3, 0.4) is 0 Å². The van der Waals surface area contributed by atoms with Crippen molar-refractivity contribution < 1.29 is 35.9 Å². The predicted molar refractivity (Wildman–Crippen MR) is 149 cm³/mol. The van der Waals surface area contributed by atoms with Gasteiger partial charge in [0.2, 0.25) is 0 Å². The second kappa shape index (κ2) is 12.2. The molecular formula is C31H29F6N3O3. The molecule has 0 radical (unpaired) electrons. The summed E-state index contributed by atoms with van der Waals surface area (Å²) in [4.78, 5) is 33.5. The maximum Gasteiger partial charge on any atom is 0.416 e. The molecule has 0 saturated carbocycles. The number of hydrogen-bond donors (Lipinski definition) is 0. The summed E-state index contributed by atoms with van der Waals surface area (Å²) < 4.78 is 88.1. The molecule has 228 valence electrons. The molecule has 0 aliphatic carbocycles. The van der Waals surface area contributed by atoms with E-state index in [0.717, 1.165) is 16.0 Å². The van der Waals surface area contributed by atoms with Gasteiger partial charge in [0.15, 0.2) is 0 Å². The third-order valence-corrected chi connectivity index (χ3v) is 7.08. The quantitative estimate of drug-likeness (QED) is 0.156. The van der Waals surface area contributed by atoms with E-state index in [1.54, 1.807) is 43.3 Å².